The predicted octanol–water partition coefficient (Wildman–Crippen LogP) is 2.78. The Kier molecular flexibility index (Phi) is 4.37. The SMILES string of the molecule is COC(=O)[C@@H]1CCCCN1[C@@H](C)c1ccccc1. The Morgan fingerprint density at radius 1 is 1.33 bits per heavy atom. The zero-order chi connectivity index (χ0) is 13.0. The summed E-state index contributed by atoms with van der Waals surface area (Å²) in [5.41, 5.74) is 1.26. The molecule has 1 fully saturated rings. The molecule has 0 unspecified atom stereocenters. The lowest BCUT2D eigenvalue weighted by molar-refractivity contribution is -0.149. The number of esters is 1. The van der Waals surface area contributed by atoms with Crippen LogP contribution >= 0.6 is 0 Å². The monoisotopic (exact) mass is 247 g/mol. The third-order valence-corrected chi connectivity index (χ3v) is 3.80. The van der Waals surface area contributed by atoms with E-state index in [9.17, 15) is 4.79 Å². The van der Waals surface area contributed by atoms with Crippen molar-refractivity contribution in [2.75, 3.05) is 13.7 Å². The van der Waals surface area contributed by atoms with Crippen molar-refractivity contribution in [3.63, 3.8) is 0 Å². The van der Waals surface area contributed by atoms with E-state index in [2.05, 4.69) is 24.0 Å². The Labute approximate surface area is 109 Å². The first-order valence-electron chi connectivity index (χ1n) is 6.62. The zero-order valence-corrected chi connectivity index (χ0v) is 11.1. The molecule has 18 heavy (non-hydrogen) atoms. The molecule has 2 atom stereocenters. The molecule has 98 valence electrons. The smallest absolute Gasteiger partial charge is 0.323 e. The Bertz CT molecular complexity index is 391. The summed E-state index contributed by atoms with van der Waals surface area (Å²) < 4.78 is 4.93. The maximum absolute atomic E-state index is 11.8. The number of carbonyl (C=O) groups is 1. The highest BCUT2D eigenvalue weighted by Crippen LogP contribution is 2.28. The minimum atomic E-state index is -0.0996. The number of benzene rings is 1. The molecule has 1 aromatic rings. The molecule has 1 aromatic carbocycles. The maximum atomic E-state index is 11.8. The zero-order valence-electron chi connectivity index (χ0n) is 11.1. The quantitative estimate of drug-likeness (QED) is 0.769. The molecular weight excluding hydrogens is 226 g/mol. The third kappa shape index (κ3) is 2.72. The van der Waals surface area contributed by atoms with Gasteiger partial charge in [0, 0.05) is 6.04 Å². The Balaban J connectivity index is 2.16. The van der Waals surface area contributed by atoms with Crippen LogP contribution in [0.25, 0.3) is 0 Å². The highest BCUT2D eigenvalue weighted by Gasteiger charge is 2.32. The number of likely N-dealkylation sites (tertiary alicyclic amines) is 1. The minimum Gasteiger partial charge on any atom is -0.468 e. The second-order valence-corrected chi connectivity index (χ2v) is 4.86. The molecule has 1 aliphatic heterocycles. The fourth-order valence-electron chi connectivity index (χ4n) is 2.73. The van der Waals surface area contributed by atoms with Gasteiger partial charge in [-0.1, -0.05) is 36.8 Å². The van der Waals surface area contributed by atoms with E-state index < -0.39 is 0 Å². The number of ether oxygens (including phenoxy) is 1. The Morgan fingerprint density at radius 3 is 2.72 bits per heavy atom. The van der Waals surface area contributed by atoms with E-state index in [0.717, 1.165) is 25.8 Å². The number of methoxy groups -OCH3 is 1. The first-order valence-corrected chi connectivity index (χ1v) is 6.62. The molecule has 1 aliphatic rings. The number of carbonyl (C=O) groups excluding carboxylic acids is 1. The summed E-state index contributed by atoms with van der Waals surface area (Å²) in [6, 6.07) is 10.5. The molecule has 1 heterocycles. The largest absolute Gasteiger partial charge is 0.468 e. The topological polar surface area (TPSA) is 29.5 Å². The standard InChI is InChI=1S/C15H21NO2/c1-12(13-8-4-3-5-9-13)16-11-7-6-10-14(16)15(17)18-2/h3-5,8-9,12,14H,6-7,10-11H2,1-2H3/t12-,14-/m0/s1. The highest BCUT2D eigenvalue weighted by molar-refractivity contribution is 5.75. The molecule has 3 nitrogen and oxygen atoms in total. The number of piperidine rings is 1. The number of hydrogen-bond donors (Lipinski definition) is 0. The van der Waals surface area contributed by atoms with Crippen molar-refractivity contribution >= 4 is 5.97 Å². The van der Waals surface area contributed by atoms with Gasteiger partial charge in [-0.3, -0.25) is 9.69 Å². The van der Waals surface area contributed by atoms with Gasteiger partial charge in [0.2, 0.25) is 0 Å². The van der Waals surface area contributed by atoms with Crippen molar-refractivity contribution < 1.29 is 9.53 Å². The maximum Gasteiger partial charge on any atom is 0.323 e. The molecule has 3 heteroatoms. The number of rotatable bonds is 3. The van der Waals surface area contributed by atoms with Gasteiger partial charge >= 0.3 is 5.97 Å². The molecule has 0 aliphatic carbocycles. The van der Waals surface area contributed by atoms with Crippen molar-refractivity contribution in [3.8, 4) is 0 Å². The van der Waals surface area contributed by atoms with Crippen LogP contribution in [0.5, 0.6) is 0 Å². The van der Waals surface area contributed by atoms with Crippen LogP contribution in [0.15, 0.2) is 30.3 Å². The summed E-state index contributed by atoms with van der Waals surface area (Å²) >= 11 is 0. The van der Waals surface area contributed by atoms with E-state index in [4.69, 9.17) is 4.74 Å². The fraction of sp³-hybridized carbons (Fsp3) is 0.533. The summed E-state index contributed by atoms with van der Waals surface area (Å²) in [6.45, 7) is 3.13. The van der Waals surface area contributed by atoms with E-state index in [-0.39, 0.29) is 18.1 Å². The summed E-state index contributed by atoms with van der Waals surface area (Å²) in [7, 11) is 1.47. The minimum absolute atomic E-state index is 0.0843. The van der Waals surface area contributed by atoms with Crippen molar-refractivity contribution in [2.24, 2.45) is 0 Å². The van der Waals surface area contributed by atoms with Crippen LogP contribution < -0.4 is 0 Å². The summed E-state index contributed by atoms with van der Waals surface area (Å²) in [5.74, 6) is -0.0996. The first kappa shape index (κ1) is 13.1. The van der Waals surface area contributed by atoms with Gasteiger partial charge < -0.3 is 4.74 Å². The van der Waals surface area contributed by atoms with Crippen molar-refractivity contribution in [1.82, 2.24) is 4.90 Å². The first-order chi connectivity index (χ1) is 8.74. The average molecular weight is 247 g/mol. The van der Waals surface area contributed by atoms with Crippen LogP contribution in [-0.4, -0.2) is 30.6 Å². The molecule has 1 saturated heterocycles. The summed E-state index contributed by atoms with van der Waals surface area (Å²) in [6.07, 6.45) is 3.17. The number of hydrogen-bond acceptors (Lipinski definition) is 3. The molecule has 0 bridgehead atoms. The second kappa shape index (κ2) is 6.01. The highest BCUT2D eigenvalue weighted by atomic mass is 16.5. The normalized spacial score (nSPS) is 22.4. The van der Waals surface area contributed by atoms with Gasteiger partial charge in [0.05, 0.1) is 7.11 Å². The van der Waals surface area contributed by atoms with Gasteiger partial charge in [0.15, 0.2) is 0 Å². The van der Waals surface area contributed by atoms with Gasteiger partial charge in [-0.15, -0.1) is 0 Å². The van der Waals surface area contributed by atoms with E-state index in [1.165, 1.54) is 12.7 Å². The lowest BCUT2D eigenvalue weighted by atomic mass is 9.97. The van der Waals surface area contributed by atoms with Crippen LogP contribution in [0, 0.1) is 0 Å². The van der Waals surface area contributed by atoms with Gasteiger partial charge in [0.25, 0.3) is 0 Å². The van der Waals surface area contributed by atoms with Gasteiger partial charge in [-0.05, 0) is 31.9 Å². The van der Waals surface area contributed by atoms with Gasteiger partial charge in [0.1, 0.15) is 6.04 Å². The second-order valence-electron chi connectivity index (χ2n) is 4.86. The Hall–Kier alpha value is -1.35. The molecule has 0 spiro atoms. The summed E-state index contributed by atoms with van der Waals surface area (Å²) in [4.78, 5) is 14.1. The van der Waals surface area contributed by atoms with Crippen LogP contribution in [0.4, 0.5) is 0 Å². The molecular formula is C15H21NO2. The van der Waals surface area contributed by atoms with Crippen molar-refractivity contribution in [1.29, 1.82) is 0 Å². The molecule has 0 aromatic heterocycles. The fourth-order valence-corrected chi connectivity index (χ4v) is 2.73. The third-order valence-electron chi connectivity index (χ3n) is 3.80. The Morgan fingerprint density at radius 2 is 2.06 bits per heavy atom. The molecule has 0 N–H and O–H groups in total. The van der Waals surface area contributed by atoms with Crippen molar-refractivity contribution in [2.45, 2.75) is 38.3 Å². The van der Waals surface area contributed by atoms with Crippen LogP contribution in [-0.2, 0) is 9.53 Å². The predicted molar refractivity (Wildman–Crippen MR) is 71.2 cm³/mol. The lowest BCUT2D eigenvalue weighted by Crippen LogP contribution is -2.46. The molecule has 2 rings (SSSR count). The molecule has 0 radical (unpaired) electrons. The van der Waals surface area contributed by atoms with Crippen LogP contribution in [0.1, 0.15) is 37.8 Å². The number of nitrogens with zero attached hydrogens (tertiary/aromatic N) is 1. The lowest BCUT2D eigenvalue weighted by Gasteiger charge is -2.38. The van der Waals surface area contributed by atoms with Gasteiger partial charge in [-0.25, -0.2) is 0 Å². The average Bonchev–Trinajstić information content (AvgIpc) is 2.46. The van der Waals surface area contributed by atoms with E-state index >= 15 is 0 Å². The summed E-state index contributed by atoms with van der Waals surface area (Å²) in [5, 5.41) is 0. The van der Waals surface area contributed by atoms with E-state index in [0.29, 0.717) is 0 Å². The van der Waals surface area contributed by atoms with Crippen molar-refractivity contribution in [3.05, 3.63) is 35.9 Å². The molecule has 0 saturated carbocycles. The van der Waals surface area contributed by atoms with E-state index in [1.54, 1.807) is 0 Å². The van der Waals surface area contributed by atoms with Gasteiger partial charge in [-0.2, -0.15) is 0 Å². The van der Waals surface area contributed by atoms with E-state index in [1.807, 2.05) is 18.2 Å². The van der Waals surface area contributed by atoms with Crippen LogP contribution in [0.2, 0.25) is 0 Å². The molecule has 0 amide bonds. The van der Waals surface area contributed by atoms with Crippen LogP contribution in [0.3, 0.4) is 0 Å².